The van der Waals surface area contributed by atoms with E-state index in [1.165, 1.54) is 0 Å². The maximum atomic E-state index is 15.0. The number of benzene rings is 4. The fourth-order valence-electron chi connectivity index (χ4n) is 7.62. The van der Waals surface area contributed by atoms with Gasteiger partial charge in [0.15, 0.2) is 11.6 Å². The van der Waals surface area contributed by atoms with Gasteiger partial charge in [0, 0.05) is 28.1 Å². The number of carbonyl (C=O) groups excluding carboxylic acids is 3. The van der Waals surface area contributed by atoms with Gasteiger partial charge in [-0.3, -0.25) is 14.4 Å². The summed E-state index contributed by atoms with van der Waals surface area (Å²) < 4.78 is 5.36. The number of carbonyl (C=O) groups is 3. The third kappa shape index (κ3) is 3.97. The standard InChI is InChI=1S/C38H34N2O4/c1-4-9-24-14-16-25(17-15-24)35(41)33-34(36(42)26-18-20-27(44-3)21-19-26)40-31-13-8-5-10-28(31)23(2)22-32(40)38(33)29-11-6-7-12-30(29)39-37(38)43/h5-8,10-22,32-34H,4,9H2,1-3H3,(H,39,43). The molecule has 0 radical (unpaired) electrons. The highest BCUT2D eigenvalue weighted by molar-refractivity contribution is 6.18. The van der Waals surface area contributed by atoms with Gasteiger partial charge in [0.1, 0.15) is 17.2 Å². The van der Waals surface area contributed by atoms with Crippen LogP contribution in [0.25, 0.3) is 5.57 Å². The number of anilines is 2. The SMILES string of the molecule is CCCc1ccc(C(=O)C2C(C(=O)c3ccc(OC)cc3)N3c4ccccc4C(C)=CC3C23C(=O)Nc2ccccc23)cc1. The predicted molar refractivity (Wildman–Crippen MR) is 172 cm³/mol. The summed E-state index contributed by atoms with van der Waals surface area (Å²) in [6.45, 7) is 4.15. The maximum absolute atomic E-state index is 15.0. The number of rotatable bonds is 7. The number of ketones is 2. The van der Waals surface area contributed by atoms with Crippen LogP contribution in [-0.2, 0) is 16.6 Å². The number of aryl methyl sites for hydroxylation is 1. The van der Waals surface area contributed by atoms with E-state index in [9.17, 15) is 9.59 Å². The molecule has 220 valence electrons. The summed E-state index contributed by atoms with van der Waals surface area (Å²) >= 11 is 0. The van der Waals surface area contributed by atoms with E-state index in [4.69, 9.17) is 4.74 Å². The number of hydrogen-bond donors (Lipinski definition) is 1. The summed E-state index contributed by atoms with van der Waals surface area (Å²) in [6.07, 6.45) is 3.99. The van der Waals surface area contributed by atoms with Crippen LogP contribution >= 0.6 is 0 Å². The molecule has 0 aromatic heterocycles. The van der Waals surface area contributed by atoms with Crippen LogP contribution in [0.4, 0.5) is 11.4 Å². The zero-order valence-electron chi connectivity index (χ0n) is 25.0. The van der Waals surface area contributed by atoms with E-state index < -0.39 is 23.4 Å². The Morgan fingerprint density at radius 1 is 0.864 bits per heavy atom. The van der Waals surface area contributed by atoms with E-state index in [-0.39, 0.29) is 17.5 Å². The fourth-order valence-corrected chi connectivity index (χ4v) is 7.62. The topological polar surface area (TPSA) is 75.7 Å². The molecule has 7 rings (SSSR count). The number of nitrogens with one attached hydrogen (secondary N) is 1. The van der Waals surface area contributed by atoms with Gasteiger partial charge in [-0.1, -0.05) is 80.1 Å². The van der Waals surface area contributed by atoms with Gasteiger partial charge in [0.2, 0.25) is 5.91 Å². The van der Waals surface area contributed by atoms with Crippen molar-refractivity contribution in [3.05, 3.63) is 131 Å². The Balaban J connectivity index is 1.50. The van der Waals surface area contributed by atoms with E-state index in [0.717, 1.165) is 40.8 Å². The lowest BCUT2D eigenvalue weighted by Gasteiger charge is -2.39. The predicted octanol–water partition coefficient (Wildman–Crippen LogP) is 6.89. The van der Waals surface area contributed by atoms with Crippen LogP contribution in [0.2, 0.25) is 0 Å². The molecular weight excluding hydrogens is 548 g/mol. The first-order chi connectivity index (χ1) is 21.4. The first kappa shape index (κ1) is 27.8. The lowest BCUT2D eigenvalue weighted by Crippen LogP contribution is -2.51. The summed E-state index contributed by atoms with van der Waals surface area (Å²) in [7, 11) is 1.58. The lowest BCUT2D eigenvalue weighted by molar-refractivity contribution is -0.121. The largest absolute Gasteiger partial charge is 0.497 e. The van der Waals surface area contributed by atoms with Crippen molar-refractivity contribution in [1.29, 1.82) is 0 Å². The van der Waals surface area contributed by atoms with Crippen LogP contribution in [0.3, 0.4) is 0 Å². The highest BCUT2D eigenvalue weighted by atomic mass is 16.5. The lowest BCUT2D eigenvalue weighted by atomic mass is 9.64. The molecule has 6 heteroatoms. The first-order valence-electron chi connectivity index (χ1n) is 15.2. The molecule has 4 atom stereocenters. The number of ether oxygens (including phenoxy) is 1. The van der Waals surface area contributed by atoms with Gasteiger partial charge >= 0.3 is 0 Å². The minimum absolute atomic E-state index is 0.213. The van der Waals surface area contributed by atoms with Crippen LogP contribution < -0.4 is 15.0 Å². The third-order valence-corrected chi connectivity index (χ3v) is 9.59. The van der Waals surface area contributed by atoms with Crippen molar-refractivity contribution < 1.29 is 19.1 Å². The third-order valence-electron chi connectivity index (χ3n) is 9.59. The average Bonchev–Trinajstić information content (AvgIpc) is 3.53. The minimum Gasteiger partial charge on any atom is -0.497 e. The normalized spacial score (nSPS) is 23.0. The smallest absolute Gasteiger partial charge is 0.238 e. The molecule has 44 heavy (non-hydrogen) atoms. The van der Waals surface area contributed by atoms with E-state index in [0.29, 0.717) is 22.6 Å². The molecule has 3 heterocycles. The average molecular weight is 583 g/mol. The fraction of sp³-hybridized carbons (Fsp3) is 0.237. The van der Waals surface area contributed by atoms with Crippen molar-refractivity contribution in [3.8, 4) is 5.75 Å². The molecule has 1 N–H and O–H groups in total. The van der Waals surface area contributed by atoms with Crippen LogP contribution in [0, 0.1) is 5.92 Å². The van der Waals surface area contributed by atoms with Gasteiger partial charge in [0.05, 0.1) is 19.1 Å². The molecular formula is C38H34N2O4. The molecule has 6 nitrogen and oxygen atoms in total. The number of allylic oxidation sites excluding steroid dienone is 1. The number of methoxy groups -OCH3 is 1. The molecule has 1 amide bonds. The number of para-hydroxylation sites is 2. The molecule has 1 saturated heterocycles. The van der Waals surface area contributed by atoms with E-state index >= 15 is 4.79 Å². The Morgan fingerprint density at radius 3 is 2.25 bits per heavy atom. The van der Waals surface area contributed by atoms with Crippen molar-refractivity contribution in [2.45, 2.75) is 44.2 Å². The minimum atomic E-state index is -1.34. The van der Waals surface area contributed by atoms with Crippen molar-refractivity contribution in [2.24, 2.45) is 5.92 Å². The molecule has 1 spiro atoms. The molecule has 4 aromatic carbocycles. The van der Waals surface area contributed by atoms with Crippen LogP contribution in [0.15, 0.2) is 103 Å². The Kier molecular flexibility index (Phi) is 6.73. The molecule has 4 unspecified atom stereocenters. The Morgan fingerprint density at radius 2 is 1.52 bits per heavy atom. The molecule has 1 fully saturated rings. The quantitative estimate of drug-likeness (QED) is 0.240. The highest BCUT2D eigenvalue weighted by Crippen LogP contribution is 2.58. The zero-order valence-corrected chi connectivity index (χ0v) is 25.0. The van der Waals surface area contributed by atoms with Crippen LogP contribution in [0.5, 0.6) is 5.75 Å². The maximum Gasteiger partial charge on any atom is 0.238 e. The summed E-state index contributed by atoms with van der Waals surface area (Å²) in [4.78, 5) is 46.5. The summed E-state index contributed by atoms with van der Waals surface area (Å²) in [5.74, 6) is -1.06. The summed E-state index contributed by atoms with van der Waals surface area (Å²) in [6, 6.07) is 28.7. The number of amides is 1. The number of Topliss-reactive ketones (excluding diaryl/α,β-unsaturated/α-hetero) is 2. The van der Waals surface area contributed by atoms with Crippen LogP contribution in [-0.4, -0.2) is 36.7 Å². The monoisotopic (exact) mass is 582 g/mol. The molecule has 0 saturated carbocycles. The Bertz CT molecular complexity index is 1820. The van der Waals surface area contributed by atoms with Gasteiger partial charge in [0.25, 0.3) is 0 Å². The van der Waals surface area contributed by atoms with E-state index in [2.05, 4.69) is 18.3 Å². The molecule has 0 bridgehead atoms. The van der Waals surface area contributed by atoms with Gasteiger partial charge in [-0.15, -0.1) is 0 Å². The van der Waals surface area contributed by atoms with Gasteiger partial charge in [-0.25, -0.2) is 0 Å². The van der Waals surface area contributed by atoms with Crippen molar-refractivity contribution >= 4 is 34.4 Å². The second kappa shape index (κ2) is 10.6. The zero-order chi connectivity index (χ0) is 30.6. The van der Waals surface area contributed by atoms with Gasteiger partial charge < -0.3 is 15.0 Å². The number of fused-ring (bicyclic) bond motifs is 6. The Labute approximate surface area is 257 Å². The van der Waals surface area contributed by atoms with Gasteiger partial charge in [-0.2, -0.15) is 0 Å². The van der Waals surface area contributed by atoms with Crippen LogP contribution in [0.1, 0.15) is 57.7 Å². The second-order valence-corrected chi connectivity index (χ2v) is 11.9. The van der Waals surface area contributed by atoms with Crippen molar-refractivity contribution in [1.82, 2.24) is 0 Å². The highest BCUT2D eigenvalue weighted by Gasteiger charge is 2.70. The summed E-state index contributed by atoms with van der Waals surface area (Å²) in [5.41, 5.74) is 5.01. The van der Waals surface area contributed by atoms with E-state index in [1.54, 1.807) is 31.4 Å². The van der Waals surface area contributed by atoms with Crippen molar-refractivity contribution in [3.63, 3.8) is 0 Å². The molecule has 0 aliphatic carbocycles. The molecule has 3 aliphatic rings. The molecule has 4 aromatic rings. The number of hydrogen-bond acceptors (Lipinski definition) is 5. The second-order valence-electron chi connectivity index (χ2n) is 11.9. The number of nitrogens with zero attached hydrogens (tertiary/aromatic N) is 1. The van der Waals surface area contributed by atoms with Crippen molar-refractivity contribution in [2.75, 3.05) is 17.3 Å². The summed E-state index contributed by atoms with van der Waals surface area (Å²) in [5, 5.41) is 3.10. The Hall–Kier alpha value is -4.97. The van der Waals surface area contributed by atoms with Gasteiger partial charge in [-0.05, 0) is 66.4 Å². The molecule has 3 aliphatic heterocycles. The first-order valence-corrected chi connectivity index (χ1v) is 15.2. The van der Waals surface area contributed by atoms with E-state index in [1.807, 2.05) is 84.6 Å².